The van der Waals surface area contributed by atoms with Gasteiger partial charge in [0.1, 0.15) is 11.4 Å². The number of hydrogen-bond donors (Lipinski definition) is 2. The molecule has 0 bridgehead atoms. The number of unbranched alkanes of at least 4 members (excludes halogenated alkanes) is 1. The molecule has 188 valence electrons. The zero-order valence-corrected chi connectivity index (χ0v) is 20.4. The maximum atomic E-state index is 11.3. The van der Waals surface area contributed by atoms with E-state index in [2.05, 4.69) is 26.8 Å². The van der Waals surface area contributed by atoms with Crippen molar-refractivity contribution < 1.29 is 19.8 Å². The Balaban J connectivity index is 1.56. The molecular weight excluding hydrogens is 470 g/mol. The number of carboxylic acid groups (broad SMARTS) is 2. The van der Waals surface area contributed by atoms with Gasteiger partial charge in [-0.1, -0.05) is 37.6 Å². The Kier molecular flexibility index (Phi) is 8.27. The molecular formula is C28H27N5O4. The van der Waals surface area contributed by atoms with E-state index in [9.17, 15) is 19.8 Å². The molecule has 0 fully saturated rings. The van der Waals surface area contributed by atoms with Crippen LogP contribution in [0.2, 0.25) is 0 Å². The minimum Gasteiger partial charge on any atom is -0.477 e. The van der Waals surface area contributed by atoms with Gasteiger partial charge in [0.25, 0.3) is 0 Å². The fourth-order valence-electron chi connectivity index (χ4n) is 3.87. The Hall–Kier alpha value is -4.50. The molecule has 9 heteroatoms. The van der Waals surface area contributed by atoms with Crippen LogP contribution in [0.5, 0.6) is 0 Å². The lowest BCUT2D eigenvalue weighted by atomic mass is 10.1. The summed E-state index contributed by atoms with van der Waals surface area (Å²) >= 11 is 0. The monoisotopic (exact) mass is 497 g/mol. The van der Waals surface area contributed by atoms with E-state index >= 15 is 0 Å². The van der Waals surface area contributed by atoms with Crippen LogP contribution in [0.1, 0.15) is 52.1 Å². The fraction of sp³-hybridized carbons (Fsp3) is 0.214. The Labute approximate surface area is 214 Å². The van der Waals surface area contributed by atoms with Crippen LogP contribution >= 0.6 is 0 Å². The van der Waals surface area contributed by atoms with E-state index in [0.29, 0.717) is 41.6 Å². The topological polar surface area (TPSA) is 129 Å². The lowest BCUT2D eigenvalue weighted by molar-refractivity contribution is 0.0679. The number of nitrogens with zero attached hydrogens (tertiary/aromatic N) is 5. The van der Waals surface area contributed by atoms with Gasteiger partial charge in [0, 0.05) is 13.1 Å². The molecule has 4 heterocycles. The van der Waals surface area contributed by atoms with Gasteiger partial charge in [-0.25, -0.2) is 29.5 Å². The van der Waals surface area contributed by atoms with E-state index < -0.39 is 11.9 Å². The number of hydrogen-bond acceptors (Lipinski definition) is 7. The summed E-state index contributed by atoms with van der Waals surface area (Å²) in [4.78, 5) is 42.8. The Morgan fingerprint density at radius 1 is 0.649 bits per heavy atom. The van der Waals surface area contributed by atoms with Gasteiger partial charge in [-0.3, -0.25) is 4.90 Å². The molecule has 0 radical (unpaired) electrons. The third-order valence-electron chi connectivity index (χ3n) is 5.67. The first kappa shape index (κ1) is 25.6. The van der Waals surface area contributed by atoms with Gasteiger partial charge in [-0.2, -0.15) is 0 Å². The molecule has 4 aromatic heterocycles. The molecule has 0 aliphatic rings. The molecule has 4 rings (SSSR count). The molecule has 0 aliphatic carbocycles. The van der Waals surface area contributed by atoms with Crippen LogP contribution in [0.25, 0.3) is 22.8 Å². The zero-order chi connectivity index (χ0) is 26.2. The first-order valence-corrected chi connectivity index (χ1v) is 12.0. The van der Waals surface area contributed by atoms with E-state index in [4.69, 9.17) is 4.98 Å². The number of aromatic nitrogens is 4. The largest absolute Gasteiger partial charge is 0.477 e. The highest BCUT2D eigenvalue weighted by Crippen LogP contribution is 2.21. The summed E-state index contributed by atoms with van der Waals surface area (Å²) in [6, 6.07) is 21.1. The predicted octanol–water partition coefficient (Wildman–Crippen LogP) is 4.80. The van der Waals surface area contributed by atoms with Crippen LogP contribution in [0.15, 0.2) is 72.8 Å². The molecule has 0 unspecified atom stereocenters. The number of carboxylic acids is 2. The number of pyridine rings is 4. The van der Waals surface area contributed by atoms with Crippen molar-refractivity contribution in [1.82, 2.24) is 24.8 Å². The summed E-state index contributed by atoms with van der Waals surface area (Å²) in [5.41, 5.74) is 3.90. The van der Waals surface area contributed by atoms with E-state index in [1.54, 1.807) is 24.3 Å². The van der Waals surface area contributed by atoms with E-state index in [-0.39, 0.29) is 11.4 Å². The number of aromatic carboxylic acids is 2. The summed E-state index contributed by atoms with van der Waals surface area (Å²) < 4.78 is 0. The van der Waals surface area contributed by atoms with Crippen molar-refractivity contribution in [3.8, 4) is 22.8 Å². The van der Waals surface area contributed by atoms with Crippen molar-refractivity contribution in [3.63, 3.8) is 0 Å². The fourth-order valence-corrected chi connectivity index (χ4v) is 3.87. The van der Waals surface area contributed by atoms with Crippen LogP contribution < -0.4 is 0 Å². The van der Waals surface area contributed by atoms with E-state index in [0.717, 1.165) is 25.1 Å². The normalized spacial score (nSPS) is 11.0. The second kappa shape index (κ2) is 12.0. The van der Waals surface area contributed by atoms with Crippen LogP contribution in [-0.4, -0.2) is 53.5 Å². The van der Waals surface area contributed by atoms with Crippen LogP contribution in [-0.2, 0) is 13.1 Å². The Morgan fingerprint density at radius 2 is 1.11 bits per heavy atom. The molecule has 0 amide bonds. The highest BCUT2D eigenvalue weighted by atomic mass is 16.4. The summed E-state index contributed by atoms with van der Waals surface area (Å²) in [7, 11) is 0. The van der Waals surface area contributed by atoms with Crippen molar-refractivity contribution in [2.75, 3.05) is 6.54 Å². The maximum absolute atomic E-state index is 11.3. The Morgan fingerprint density at radius 3 is 1.70 bits per heavy atom. The second-order valence-electron chi connectivity index (χ2n) is 8.52. The van der Waals surface area contributed by atoms with Crippen molar-refractivity contribution in [3.05, 3.63) is 95.6 Å². The number of rotatable bonds is 11. The summed E-state index contributed by atoms with van der Waals surface area (Å²) in [6.45, 7) is 4.02. The highest BCUT2D eigenvalue weighted by molar-refractivity contribution is 5.86. The molecule has 0 saturated carbocycles. The van der Waals surface area contributed by atoms with Crippen molar-refractivity contribution in [2.24, 2.45) is 0 Å². The van der Waals surface area contributed by atoms with Gasteiger partial charge in [-0.15, -0.1) is 0 Å². The standard InChI is InChI=1S/C28H27N5O4/c1-2-3-16-33(18-20-9-5-14-25(30-20)27(34)35)17-19-8-4-10-21(29-19)22-11-6-12-23(31-22)24-13-7-15-26(32-24)28(36)37/h4-15H,2-3,16-18H2,1H3,(H,34,35)(H,36,37). The molecule has 0 aromatic carbocycles. The summed E-state index contributed by atoms with van der Waals surface area (Å²) in [6.07, 6.45) is 2.02. The molecule has 37 heavy (non-hydrogen) atoms. The molecule has 0 aliphatic heterocycles. The first-order valence-electron chi connectivity index (χ1n) is 12.0. The van der Waals surface area contributed by atoms with Crippen molar-refractivity contribution in [1.29, 1.82) is 0 Å². The van der Waals surface area contributed by atoms with Crippen LogP contribution in [0.4, 0.5) is 0 Å². The average molecular weight is 498 g/mol. The third kappa shape index (κ3) is 6.80. The SMILES string of the molecule is CCCCN(Cc1cccc(C(=O)O)n1)Cc1cccc(-c2cccc(-c3cccc(C(=O)O)n3)n2)n1. The molecule has 0 spiro atoms. The molecule has 0 saturated heterocycles. The van der Waals surface area contributed by atoms with E-state index in [1.165, 1.54) is 12.1 Å². The van der Waals surface area contributed by atoms with Crippen molar-refractivity contribution >= 4 is 11.9 Å². The minimum absolute atomic E-state index is 0.0300. The van der Waals surface area contributed by atoms with Gasteiger partial charge in [0.05, 0.1) is 34.2 Å². The molecule has 4 aromatic rings. The Bertz CT molecular complexity index is 1410. The number of carbonyl (C=O) groups is 2. The first-order chi connectivity index (χ1) is 17.9. The van der Waals surface area contributed by atoms with Gasteiger partial charge in [0.15, 0.2) is 0 Å². The maximum Gasteiger partial charge on any atom is 0.354 e. The molecule has 2 N–H and O–H groups in total. The van der Waals surface area contributed by atoms with E-state index in [1.807, 2.05) is 36.4 Å². The summed E-state index contributed by atoms with van der Waals surface area (Å²) in [5.74, 6) is -2.14. The van der Waals surface area contributed by atoms with Crippen LogP contribution in [0, 0.1) is 0 Å². The van der Waals surface area contributed by atoms with Crippen molar-refractivity contribution in [2.45, 2.75) is 32.9 Å². The smallest absolute Gasteiger partial charge is 0.354 e. The second-order valence-corrected chi connectivity index (χ2v) is 8.52. The molecule has 0 atom stereocenters. The predicted molar refractivity (Wildman–Crippen MR) is 138 cm³/mol. The summed E-state index contributed by atoms with van der Waals surface area (Å²) in [5, 5.41) is 18.5. The van der Waals surface area contributed by atoms with Gasteiger partial charge >= 0.3 is 11.9 Å². The van der Waals surface area contributed by atoms with Crippen LogP contribution in [0.3, 0.4) is 0 Å². The lowest BCUT2D eigenvalue weighted by Crippen LogP contribution is -2.25. The van der Waals surface area contributed by atoms with Gasteiger partial charge < -0.3 is 10.2 Å². The highest BCUT2D eigenvalue weighted by Gasteiger charge is 2.13. The molecule has 9 nitrogen and oxygen atoms in total. The zero-order valence-electron chi connectivity index (χ0n) is 20.4. The minimum atomic E-state index is -1.09. The lowest BCUT2D eigenvalue weighted by Gasteiger charge is -2.22. The van der Waals surface area contributed by atoms with Gasteiger partial charge in [0.2, 0.25) is 0 Å². The van der Waals surface area contributed by atoms with Gasteiger partial charge in [-0.05, 0) is 61.5 Å². The quantitative estimate of drug-likeness (QED) is 0.300. The third-order valence-corrected chi connectivity index (χ3v) is 5.67. The average Bonchev–Trinajstić information content (AvgIpc) is 2.92.